The van der Waals surface area contributed by atoms with Gasteiger partial charge in [-0.3, -0.25) is 0 Å². The normalized spacial score (nSPS) is 11.2. The molecule has 0 amide bonds. The van der Waals surface area contributed by atoms with E-state index < -0.39 is 0 Å². The molecule has 0 atom stereocenters. The summed E-state index contributed by atoms with van der Waals surface area (Å²) in [5.41, 5.74) is 1.11. The van der Waals surface area contributed by atoms with Crippen molar-refractivity contribution < 1.29 is 5.11 Å². The Labute approximate surface area is 82.8 Å². The van der Waals surface area contributed by atoms with Crippen LogP contribution in [0.25, 0.3) is 0 Å². The van der Waals surface area contributed by atoms with Crippen LogP contribution in [0.5, 0.6) is 0 Å². The minimum Gasteiger partial charge on any atom is -0.389 e. The van der Waals surface area contributed by atoms with E-state index in [1.807, 2.05) is 7.05 Å². The van der Waals surface area contributed by atoms with Gasteiger partial charge in [-0.25, -0.2) is 4.98 Å². The maximum Gasteiger partial charge on any atom is 0.119 e. The summed E-state index contributed by atoms with van der Waals surface area (Å²) >= 11 is 1.59. The van der Waals surface area contributed by atoms with Gasteiger partial charge in [-0.05, 0) is 13.0 Å². The zero-order valence-electron chi connectivity index (χ0n) is 8.29. The van der Waals surface area contributed by atoms with E-state index in [0.29, 0.717) is 5.92 Å². The molecule has 0 aliphatic carbocycles. The Morgan fingerprint density at radius 2 is 2.23 bits per heavy atom. The second kappa shape index (κ2) is 4.69. The van der Waals surface area contributed by atoms with Crippen molar-refractivity contribution in [2.24, 2.45) is 0 Å². The molecule has 4 heteroatoms. The summed E-state index contributed by atoms with van der Waals surface area (Å²) in [4.78, 5) is 5.61. The zero-order chi connectivity index (χ0) is 9.84. The predicted molar refractivity (Wildman–Crippen MR) is 54.9 cm³/mol. The smallest absolute Gasteiger partial charge is 0.119 e. The number of aliphatic hydroxyl groups excluding tert-OH is 1. The van der Waals surface area contributed by atoms with Crippen molar-refractivity contribution in [3.8, 4) is 0 Å². The second-order valence-electron chi connectivity index (χ2n) is 3.26. The molecule has 2 N–H and O–H groups in total. The van der Waals surface area contributed by atoms with Crippen LogP contribution >= 0.6 is 11.3 Å². The Bertz CT molecular complexity index is 271. The Kier molecular flexibility index (Phi) is 3.84. The first kappa shape index (κ1) is 10.6. The van der Waals surface area contributed by atoms with Crippen molar-refractivity contribution >= 4 is 11.3 Å². The van der Waals surface area contributed by atoms with Crippen LogP contribution in [0.4, 0.5) is 0 Å². The molecule has 1 heterocycles. The molecule has 3 nitrogen and oxygen atoms in total. The van der Waals surface area contributed by atoms with E-state index in [4.69, 9.17) is 5.11 Å². The summed E-state index contributed by atoms with van der Waals surface area (Å²) in [5.74, 6) is 0.430. The number of rotatable bonds is 4. The first-order valence-corrected chi connectivity index (χ1v) is 5.24. The summed E-state index contributed by atoms with van der Waals surface area (Å²) in [6, 6.07) is 0. The standard InChI is InChI=1S/C9H16N2OS/c1-6(2)9-7(4-10-3)13-8(5-12)11-9/h6,10,12H,4-5H2,1-3H3. The molecule has 0 aliphatic rings. The average molecular weight is 200 g/mol. The van der Waals surface area contributed by atoms with E-state index in [9.17, 15) is 0 Å². The largest absolute Gasteiger partial charge is 0.389 e. The van der Waals surface area contributed by atoms with Crippen LogP contribution in [0, 0.1) is 0 Å². The molecule has 0 radical (unpaired) electrons. The van der Waals surface area contributed by atoms with E-state index in [1.54, 1.807) is 11.3 Å². The van der Waals surface area contributed by atoms with Gasteiger partial charge in [0.25, 0.3) is 0 Å². The first-order chi connectivity index (χ1) is 6.19. The number of hydrogen-bond donors (Lipinski definition) is 2. The second-order valence-corrected chi connectivity index (χ2v) is 4.43. The molecule has 0 saturated carbocycles. The van der Waals surface area contributed by atoms with Gasteiger partial charge in [0.1, 0.15) is 5.01 Å². The molecule has 0 aromatic carbocycles. The van der Waals surface area contributed by atoms with E-state index in [2.05, 4.69) is 24.1 Å². The molecule has 1 aromatic heterocycles. The van der Waals surface area contributed by atoms with Gasteiger partial charge in [-0.1, -0.05) is 13.8 Å². The molecule has 74 valence electrons. The molecule has 1 rings (SSSR count). The summed E-state index contributed by atoms with van der Waals surface area (Å²) in [7, 11) is 1.92. The van der Waals surface area contributed by atoms with Crippen LogP contribution < -0.4 is 5.32 Å². The third-order valence-electron chi connectivity index (χ3n) is 1.79. The average Bonchev–Trinajstić information content (AvgIpc) is 2.48. The van der Waals surface area contributed by atoms with Crippen LogP contribution in [0.1, 0.15) is 35.3 Å². The number of nitrogens with zero attached hydrogens (tertiary/aromatic N) is 1. The lowest BCUT2D eigenvalue weighted by molar-refractivity contribution is 0.281. The molecule has 13 heavy (non-hydrogen) atoms. The molecular weight excluding hydrogens is 184 g/mol. The van der Waals surface area contributed by atoms with Crippen LogP contribution in [0.3, 0.4) is 0 Å². The molecule has 0 fully saturated rings. The third-order valence-corrected chi connectivity index (χ3v) is 2.85. The first-order valence-electron chi connectivity index (χ1n) is 4.43. The van der Waals surface area contributed by atoms with Gasteiger partial charge in [0.05, 0.1) is 12.3 Å². The minimum absolute atomic E-state index is 0.0497. The summed E-state index contributed by atoms with van der Waals surface area (Å²) in [6.07, 6.45) is 0. The van der Waals surface area contributed by atoms with Gasteiger partial charge < -0.3 is 10.4 Å². The van der Waals surface area contributed by atoms with Crippen LogP contribution in [-0.2, 0) is 13.2 Å². The lowest BCUT2D eigenvalue weighted by Crippen LogP contribution is -2.06. The quantitative estimate of drug-likeness (QED) is 0.774. The van der Waals surface area contributed by atoms with Crippen molar-refractivity contribution in [1.82, 2.24) is 10.3 Å². The van der Waals surface area contributed by atoms with E-state index in [0.717, 1.165) is 17.2 Å². The number of aromatic nitrogens is 1. The van der Waals surface area contributed by atoms with Crippen molar-refractivity contribution in [2.45, 2.75) is 32.9 Å². The lowest BCUT2D eigenvalue weighted by atomic mass is 10.1. The van der Waals surface area contributed by atoms with E-state index >= 15 is 0 Å². The highest BCUT2D eigenvalue weighted by Crippen LogP contribution is 2.24. The molecule has 0 unspecified atom stereocenters. The number of aliphatic hydroxyl groups is 1. The highest BCUT2D eigenvalue weighted by atomic mass is 32.1. The summed E-state index contributed by atoms with van der Waals surface area (Å²) in [5, 5.41) is 12.9. The van der Waals surface area contributed by atoms with Crippen LogP contribution in [0.2, 0.25) is 0 Å². The Balaban J connectivity index is 2.93. The van der Waals surface area contributed by atoms with Gasteiger partial charge >= 0.3 is 0 Å². The van der Waals surface area contributed by atoms with Crippen LogP contribution in [-0.4, -0.2) is 17.1 Å². The van der Waals surface area contributed by atoms with Crippen molar-refractivity contribution in [1.29, 1.82) is 0 Å². The van der Waals surface area contributed by atoms with Gasteiger partial charge in [0.2, 0.25) is 0 Å². The molecule has 0 aliphatic heterocycles. The zero-order valence-corrected chi connectivity index (χ0v) is 9.11. The minimum atomic E-state index is 0.0497. The Morgan fingerprint density at radius 1 is 1.54 bits per heavy atom. The van der Waals surface area contributed by atoms with Crippen molar-refractivity contribution in [3.63, 3.8) is 0 Å². The summed E-state index contributed by atoms with van der Waals surface area (Å²) in [6.45, 7) is 5.13. The Morgan fingerprint density at radius 3 is 2.69 bits per heavy atom. The lowest BCUT2D eigenvalue weighted by Gasteiger charge is -2.03. The van der Waals surface area contributed by atoms with Gasteiger partial charge in [-0.15, -0.1) is 11.3 Å². The highest BCUT2D eigenvalue weighted by molar-refractivity contribution is 7.11. The van der Waals surface area contributed by atoms with Gasteiger partial charge in [0.15, 0.2) is 0 Å². The van der Waals surface area contributed by atoms with Gasteiger partial charge in [-0.2, -0.15) is 0 Å². The fourth-order valence-electron chi connectivity index (χ4n) is 1.22. The fraction of sp³-hybridized carbons (Fsp3) is 0.667. The SMILES string of the molecule is CNCc1sc(CO)nc1C(C)C. The monoisotopic (exact) mass is 200 g/mol. The van der Waals surface area contributed by atoms with Crippen molar-refractivity contribution in [3.05, 3.63) is 15.6 Å². The van der Waals surface area contributed by atoms with E-state index in [-0.39, 0.29) is 6.61 Å². The molecule has 0 saturated heterocycles. The topological polar surface area (TPSA) is 45.1 Å². The molecule has 0 spiro atoms. The van der Waals surface area contributed by atoms with E-state index in [1.165, 1.54) is 4.88 Å². The summed E-state index contributed by atoms with van der Waals surface area (Å²) < 4.78 is 0. The number of hydrogen-bond acceptors (Lipinski definition) is 4. The molecule has 1 aromatic rings. The van der Waals surface area contributed by atoms with Gasteiger partial charge in [0, 0.05) is 11.4 Å². The Hall–Kier alpha value is -0.450. The maximum atomic E-state index is 8.95. The third kappa shape index (κ3) is 2.49. The predicted octanol–water partition coefficient (Wildman–Crippen LogP) is 1.48. The maximum absolute atomic E-state index is 8.95. The highest BCUT2D eigenvalue weighted by Gasteiger charge is 2.12. The fourth-order valence-corrected chi connectivity index (χ4v) is 2.32. The molecular formula is C9H16N2OS. The van der Waals surface area contributed by atoms with Crippen molar-refractivity contribution in [2.75, 3.05) is 7.05 Å². The molecule has 0 bridgehead atoms. The number of thiazole rings is 1. The number of nitrogens with one attached hydrogen (secondary N) is 1. The van der Waals surface area contributed by atoms with Crippen LogP contribution in [0.15, 0.2) is 0 Å².